The van der Waals surface area contributed by atoms with Crippen LogP contribution in [0.25, 0.3) is 0 Å². The summed E-state index contributed by atoms with van der Waals surface area (Å²) in [4.78, 5) is 57.1. The predicted molar refractivity (Wildman–Crippen MR) is 245 cm³/mol. The smallest absolute Gasteiger partial charge is 0.339 e. The second-order valence-electron chi connectivity index (χ2n) is 19.8. The van der Waals surface area contributed by atoms with Crippen LogP contribution in [0.1, 0.15) is 116 Å². The van der Waals surface area contributed by atoms with E-state index in [-0.39, 0.29) is 24.5 Å². The van der Waals surface area contributed by atoms with Crippen LogP contribution in [-0.4, -0.2) is 104 Å². The number of ether oxygens (including phenoxy) is 6. The lowest BCUT2D eigenvalue weighted by atomic mass is 9.45. The van der Waals surface area contributed by atoms with Crippen molar-refractivity contribution in [2.24, 2.45) is 16.7 Å². The molecule has 2 aromatic carbocycles. The van der Waals surface area contributed by atoms with Crippen molar-refractivity contribution in [1.82, 2.24) is 5.32 Å². The molecule has 12 atom stereocenters. The van der Waals surface area contributed by atoms with Gasteiger partial charge in [0.2, 0.25) is 0 Å². The molecule has 14 heteroatoms. The number of nitrogens with one attached hydrogen (secondary N) is 1. The quantitative estimate of drug-likeness (QED) is 0.0767. The van der Waals surface area contributed by atoms with Crippen molar-refractivity contribution in [3.05, 3.63) is 95.6 Å². The molecule has 3 aliphatic carbocycles. The summed E-state index contributed by atoms with van der Waals surface area (Å²) < 4.78 is 46.9. The lowest BCUT2D eigenvalue weighted by Crippen LogP contribution is -2.79. The summed E-state index contributed by atoms with van der Waals surface area (Å²) in [6, 6.07) is 18.7. The zero-order chi connectivity index (χ0) is 47.3. The summed E-state index contributed by atoms with van der Waals surface area (Å²) >= 11 is 0. The van der Waals surface area contributed by atoms with Crippen molar-refractivity contribution in [1.29, 1.82) is 0 Å². The lowest BCUT2D eigenvalue weighted by molar-refractivity contribution is -0.345. The number of fused-ring (bicyclic) bond motifs is 8. The van der Waals surface area contributed by atoms with Gasteiger partial charge in [0, 0.05) is 29.7 Å². The van der Waals surface area contributed by atoms with E-state index >= 15 is 4.79 Å². The van der Waals surface area contributed by atoms with E-state index in [4.69, 9.17) is 32.8 Å². The number of carbonyl (C=O) groups is 4. The molecule has 1 amide bonds. The molecule has 5 aliphatic rings. The second-order valence-corrected chi connectivity index (χ2v) is 24.5. The fourth-order valence-corrected chi connectivity index (χ4v) is 15.2. The molecular formula is C51H69NO12Si. The monoisotopic (exact) mass is 915 g/mol. The minimum atomic E-state index is -2.60. The minimum Gasteiger partial charge on any atom is -0.456 e. The Kier molecular flexibility index (Phi) is 13.6. The van der Waals surface area contributed by atoms with Crippen molar-refractivity contribution < 1.29 is 57.1 Å². The van der Waals surface area contributed by atoms with E-state index in [1.807, 2.05) is 40.7 Å². The first-order valence-corrected chi connectivity index (χ1v) is 26.0. The maximum Gasteiger partial charge on any atom is 0.339 e. The van der Waals surface area contributed by atoms with Crippen LogP contribution in [0.15, 0.2) is 84.5 Å². The Morgan fingerprint density at radius 1 is 0.954 bits per heavy atom. The third-order valence-electron chi connectivity index (χ3n) is 16.1. The molecule has 65 heavy (non-hydrogen) atoms. The molecule has 0 unspecified atom stereocenters. The SMILES string of the molecule is C=C[C@@H]1O[C@@H]2C3=C(C)[C@@H](OC(=O)[C@](C)(O[Si](CC)(CC)CC)[C@H](CC)NC(=O)c4ccccc4)C[C@@](O)([C@@H](OC(=O)c4ccccc4)[C@H]4[C@@](C)(CC[C@H]5OC[C@]54OC(C)=O)[C@@H]2O1)C3(C)C. The number of hydrogen-bond donors (Lipinski definition) is 2. The molecular weight excluding hydrogens is 847 g/mol. The van der Waals surface area contributed by atoms with Crippen LogP contribution in [-0.2, 0) is 42.4 Å². The van der Waals surface area contributed by atoms with Gasteiger partial charge in [-0.25, -0.2) is 9.59 Å². The zero-order valence-corrected chi connectivity index (χ0v) is 40.8. The van der Waals surface area contributed by atoms with Crippen molar-refractivity contribution in [3.8, 4) is 0 Å². The Morgan fingerprint density at radius 2 is 1.57 bits per heavy atom. The molecule has 2 bridgehead atoms. The van der Waals surface area contributed by atoms with E-state index in [1.165, 1.54) is 6.92 Å². The number of aliphatic hydroxyl groups is 1. The lowest BCUT2D eigenvalue weighted by Gasteiger charge is -2.68. The standard InChI is InChI=1S/C51H69NO12Si/c1-12-36(52-44(54)33-23-19-17-20-24-33)49(11,64-65(14-3,15-4)16-5)46(56)59-35-29-51(57)43(62-45(55)34-25-21-18-22-26-34)41-48(10,28-27-37-50(41,30-58-37)63-32(7)53)42-40(60-38(13-2)61-42)39(31(35)6)47(51,8)9/h13,17-26,35-38,40-43,57H,2,12,14-16,27-30H2,1,3-11H3,(H,52,54)/t35-,36-,37+,38+,40+,41-,42+,43-,48+,49+,50-,51+/m0/s1. The van der Waals surface area contributed by atoms with Crippen LogP contribution < -0.4 is 5.32 Å². The van der Waals surface area contributed by atoms with E-state index in [0.717, 1.165) is 18.1 Å². The van der Waals surface area contributed by atoms with Crippen LogP contribution in [0.5, 0.6) is 0 Å². The fourth-order valence-electron chi connectivity index (χ4n) is 12.1. The van der Waals surface area contributed by atoms with Crippen LogP contribution in [0, 0.1) is 16.7 Å². The van der Waals surface area contributed by atoms with Gasteiger partial charge in [0.05, 0.1) is 30.2 Å². The maximum atomic E-state index is 15.5. The molecule has 2 aromatic rings. The number of carbonyl (C=O) groups excluding carboxylic acids is 4. The number of hydrogen-bond acceptors (Lipinski definition) is 12. The molecule has 2 saturated carbocycles. The van der Waals surface area contributed by atoms with E-state index in [2.05, 4.69) is 32.7 Å². The molecule has 2 heterocycles. The van der Waals surface area contributed by atoms with Gasteiger partial charge in [0.1, 0.15) is 30.0 Å². The number of amides is 1. The highest BCUT2D eigenvalue weighted by molar-refractivity contribution is 6.73. The Balaban J connectivity index is 1.41. The van der Waals surface area contributed by atoms with Crippen LogP contribution >= 0.6 is 0 Å². The van der Waals surface area contributed by atoms with Crippen LogP contribution in [0.3, 0.4) is 0 Å². The molecule has 7 rings (SSSR count). The van der Waals surface area contributed by atoms with E-state index in [1.54, 1.807) is 67.6 Å². The van der Waals surface area contributed by atoms with Gasteiger partial charge in [-0.05, 0) is 92.7 Å². The van der Waals surface area contributed by atoms with Gasteiger partial charge in [0.25, 0.3) is 5.91 Å². The maximum absolute atomic E-state index is 15.5. The summed E-state index contributed by atoms with van der Waals surface area (Å²) in [6.07, 6.45) is -2.76. The molecule has 2 aliphatic heterocycles. The van der Waals surface area contributed by atoms with Crippen LogP contribution in [0.4, 0.5) is 0 Å². The Morgan fingerprint density at radius 3 is 2.11 bits per heavy atom. The first-order valence-electron chi connectivity index (χ1n) is 23.5. The fraction of sp³-hybridized carbons (Fsp3) is 0.608. The third-order valence-corrected chi connectivity index (χ3v) is 20.9. The topological polar surface area (TPSA) is 165 Å². The normalized spacial score (nSPS) is 33.8. The highest BCUT2D eigenvalue weighted by Gasteiger charge is 2.77. The van der Waals surface area contributed by atoms with Gasteiger partial charge in [-0.15, -0.1) is 0 Å². The molecule has 354 valence electrons. The van der Waals surface area contributed by atoms with Gasteiger partial charge in [-0.1, -0.05) is 91.4 Å². The molecule has 0 radical (unpaired) electrons. The average molecular weight is 916 g/mol. The molecule has 2 saturated heterocycles. The van der Waals surface area contributed by atoms with E-state index in [9.17, 15) is 19.5 Å². The van der Waals surface area contributed by atoms with Crippen molar-refractivity contribution in [2.45, 2.75) is 173 Å². The summed E-state index contributed by atoms with van der Waals surface area (Å²) in [6.45, 7) is 22.8. The first kappa shape index (κ1) is 48.7. The predicted octanol–water partition coefficient (Wildman–Crippen LogP) is 8.02. The minimum absolute atomic E-state index is 0.00258. The first-order chi connectivity index (χ1) is 30.7. The zero-order valence-electron chi connectivity index (χ0n) is 39.8. The summed E-state index contributed by atoms with van der Waals surface area (Å²) in [5.41, 5.74) is -5.23. The second kappa shape index (κ2) is 18.1. The average Bonchev–Trinajstić information content (AvgIpc) is 3.72. The van der Waals surface area contributed by atoms with Gasteiger partial charge in [-0.2, -0.15) is 0 Å². The Hall–Kier alpha value is -4.18. The summed E-state index contributed by atoms with van der Waals surface area (Å²) in [5.74, 6) is -3.20. The number of esters is 3. The molecule has 0 aromatic heterocycles. The highest BCUT2D eigenvalue weighted by atomic mass is 28.4. The largest absolute Gasteiger partial charge is 0.456 e. The van der Waals surface area contributed by atoms with Crippen molar-refractivity contribution >= 4 is 32.1 Å². The van der Waals surface area contributed by atoms with Gasteiger partial charge < -0.3 is 43.3 Å². The summed E-state index contributed by atoms with van der Waals surface area (Å²) in [7, 11) is -2.60. The van der Waals surface area contributed by atoms with E-state index in [0.29, 0.717) is 36.0 Å². The van der Waals surface area contributed by atoms with Crippen molar-refractivity contribution in [3.63, 3.8) is 0 Å². The Bertz CT molecular complexity index is 2150. The molecule has 4 fully saturated rings. The third kappa shape index (κ3) is 8.03. The van der Waals surface area contributed by atoms with Crippen LogP contribution in [0.2, 0.25) is 18.1 Å². The van der Waals surface area contributed by atoms with Gasteiger partial charge in [-0.3, -0.25) is 9.59 Å². The molecule has 2 N–H and O–H groups in total. The number of rotatable bonds is 15. The van der Waals surface area contributed by atoms with Crippen molar-refractivity contribution in [2.75, 3.05) is 6.61 Å². The van der Waals surface area contributed by atoms with Gasteiger partial charge >= 0.3 is 17.9 Å². The molecule has 0 spiro atoms. The highest BCUT2D eigenvalue weighted by Crippen LogP contribution is 2.67. The Labute approximate surface area is 385 Å². The van der Waals surface area contributed by atoms with E-state index < -0.39 is 103 Å². The van der Waals surface area contributed by atoms with Gasteiger partial charge in [0.15, 0.2) is 25.8 Å². The molecule has 13 nitrogen and oxygen atoms in total. The summed E-state index contributed by atoms with van der Waals surface area (Å²) in [5, 5.41) is 17.2. The number of benzene rings is 2.